The summed E-state index contributed by atoms with van der Waals surface area (Å²) in [5, 5.41) is 11.9. The lowest BCUT2D eigenvalue weighted by Crippen LogP contribution is -2.33. The van der Waals surface area contributed by atoms with Crippen molar-refractivity contribution >= 4 is 19.6 Å². The van der Waals surface area contributed by atoms with Crippen LogP contribution in [0.15, 0.2) is 42.5 Å². The maximum absolute atomic E-state index is 10.6. The number of nitrogens with zero attached hydrogens (tertiary/aromatic N) is 1. The minimum atomic E-state index is -0.112. The summed E-state index contributed by atoms with van der Waals surface area (Å²) in [4.78, 5) is 2.55. The van der Waals surface area contributed by atoms with Crippen molar-refractivity contribution in [2.75, 3.05) is 25.1 Å². The van der Waals surface area contributed by atoms with Crippen LogP contribution in [0.2, 0.25) is 0 Å². The van der Waals surface area contributed by atoms with Gasteiger partial charge < -0.3 is 14.7 Å². The van der Waals surface area contributed by atoms with E-state index in [-0.39, 0.29) is 5.16 Å². The summed E-state index contributed by atoms with van der Waals surface area (Å²) in [5.41, 5.74) is 2.37. The number of rotatable bonds is 7. The van der Waals surface area contributed by atoms with Crippen LogP contribution in [0.4, 0.5) is 5.69 Å². The van der Waals surface area contributed by atoms with E-state index in [0.29, 0.717) is 14.3 Å². The van der Waals surface area contributed by atoms with E-state index in [1.54, 1.807) is 13.2 Å². The molecule has 0 radical (unpaired) electrons. The number of para-hydroxylation sites is 1. The second-order valence-electron chi connectivity index (χ2n) is 7.66. The zero-order valence-corrected chi connectivity index (χ0v) is 17.8. The second kappa shape index (κ2) is 8.97. The number of methoxy groups -OCH3 is 1. The smallest absolute Gasteiger partial charge is 0.119 e. The first-order valence-corrected chi connectivity index (χ1v) is 11.1. The van der Waals surface area contributed by atoms with Crippen molar-refractivity contribution in [1.82, 2.24) is 0 Å². The van der Waals surface area contributed by atoms with Crippen LogP contribution in [0.5, 0.6) is 11.5 Å². The summed E-state index contributed by atoms with van der Waals surface area (Å²) >= 11 is 0. The SMILES string of the molecule is CCCC(C)(Pc1ccccc1N1CCCCC1)c1cc(OC)ccc1O. The number of aromatic hydroxyl groups is 1. The molecule has 3 rings (SSSR count). The number of hydrogen-bond acceptors (Lipinski definition) is 3. The molecule has 27 heavy (non-hydrogen) atoms. The van der Waals surface area contributed by atoms with Crippen LogP contribution in [0.1, 0.15) is 51.5 Å². The highest BCUT2D eigenvalue weighted by atomic mass is 31.1. The zero-order valence-electron chi connectivity index (χ0n) is 16.8. The van der Waals surface area contributed by atoms with Crippen LogP contribution in [0, 0.1) is 0 Å². The molecule has 1 aliphatic rings. The molecular weight excluding hydrogens is 353 g/mol. The van der Waals surface area contributed by atoms with Gasteiger partial charge in [-0.2, -0.15) is 0 Å². The molecule has 1 saturated heterocycles. The van der Waals surface area contributed by atoms with Crippen molar-refractivity contribution in [1.29, 1.82) is 0 Å². The largest absolute Gasteiger partial charge is 0.508 e. The topological polar surface area (TPSA) is 32.7 Å². The molecule has 146 valence electrons. The quantitative estimate of drug-likeness (QED) is 0.647. The van der Waals surface area contributed by atoms with Gasteiger partial charge in [0.15, 0.2) is 0 Å². The minimum Gasteiger partial charge on any atom is -0.508 e. The van der Waals surface area contributed by atoms with Gasteiger partial charge in [0.25, 0.3) is 0 Å². The van der Waals surface area contributed by atoms with E-state index < -0.39 is 0 Å². The summed E-state index contributed by atoms with van der Waals surface area (Å²) in [5.74, 6) is 1.17. The molecule has 1 aliphatic heterocycles. The fraction of sp³-hybridized carbons (Fsp3) is 0.478. The summed E-state index contributed by atoms with van der Waals surface area (Å²) in [6.07, 6.45) is 6.00. The third kappa shape index (κ3) is 4.58. The van der Waals surface area contributed by atoms with E-state index in [0.717, 1.165) is 37.2 Å². The molecule has 2 aromatic carbocycles. The van der Waals surface area contributed by atoms with Crippen molar-refractivity contribution in [3.63, 3.8) is 0 Å². The Kier molecular flexibility index (Phi) is 6.65. The standard InChI is InChI=1S/C23H32NO2P/c1-4-14-23(2,19-17-18(26-3)12-13-21(19)25)27-22-11-7-6-10-20(22)24-15-8-5-9-16-24/h6-7,10-13,17,25,27H,4-5,8-9,14-16H2,1-3H3. The fourth-order valence-corrected chi connectivity index (χ4v) is 5.99. The Bertz CT molecular complexity index is 758. The number of hydrogen-bond donors (Lipinski definition) is 1. The van der Waals surface area contributed by atoms with Gasteiger partial charge in [-0.25, -0.2) is 0 Å². The van der Waals surface area contributed by atoms with Gasteiger partial charge in [0.2, 0.25) is 0 Å². The molecule has 2 unspecified atom stereocenters. The number of ether oxygens (including phenoxy) is 1. The molecule has 2 aromatic rings. The van der Waals surface area contributed by atoms with Gasteiger partial charge in [0, 0.05) is 29.5 Å². The van der Waals surface area contributed by atoms with Crippen LogP contribution in [0.25, 0.3) is 0 Å². The van der Waals surface area contributed by atoms with Crippen LogP contribution in [0.3, 0.4) is 0 Å². The molecule has 0 saturated carbocycles. The molecule has 0 spiro atoms. The lowest BCUT2D eigenvalue weighted by Gasteiger charge is -2.35. The van der Waals surface area contributed by atoms with E-state index in [1.165, 1.54) is 30.3 Å². The van der Waals surface area contributed by atoms with E-state index >= 15 is 0 Å². The summed E-state index contributed by atoms with van der Waals surface area (Å²) < 4.78 is 5.44. The molecule has 2 atom stereocenters. The predicted octanol–water partition coefficient (Wildman–Crippen LogP) is 5.41. The Labute approximate surface area is 165 Å². The maximum Gasteiger partial charge on any atom is 0.119 e. The number of phenols is 1. The highest BCUT2D eigenvalue weighted by molar-refractivity contribution is 7.49. The lowest BCUT2D eigenvalue weighted by atomic mass is 9.94. The van der Waals surface area contributed by atoms with Gasteiger partial charge in [-0.3, -0.25) is 0 Å². The number of benzene rings is 2. The maximum atomic E-state index is 10.6. The van der Waals surface area contributed by atoms with Gasteiger partial charge >= 0.3 is 0 Å². The second-order valence-corrected chi connectivity index (χ2v) is 9.55. The van der Waals surface area contributed by atoms with Gasteiger partial charge in [0.1, 0.15) is 11.5 Å². The molecule has 1 fully saturated rings. The Morgan fingerprint density at radius 2 is 1.85 bits per heavy atom. The van der Waals surface area contributed by atoms with Crippen LogP contribution >= 0.6 is 8.58 Å². The highest BCUT2D eigenvalue weighted by Crippen LogP contribution is 2.49. The van der Waals surface area contributed by atoms with Gasteiger partial charge in [0.05, 0.1) is 7.11 Å². The Morgan fingerprint density at radius 3 is 2.56 bits per heavy atom. The first kappa shape index (κ1) is 20.0. The average Bonchev–Trinajstić information content (AvgIpc) is 2.69. The number of anilines is 1. The summed E-state index contributed by atoms with van der Waals surface area (Å²) in [6.45, 7) is 6.81. The van der Waals surface area contributed by atoms with E-state index in [1.807, 2.05) is 12.1 Å². The number of phenolic OH excluding ortho intramolecular Hbond substituents is 1. The van der Waals surface area contributed by atoms with Crippen LogP contribution in [-0.2, 0) is 5.16 Å². The van der Waals surface area contributed by atoms with Crippen molar-refractivity contribution in [3.8, 4) is 11.5 Å². The Morgan fingerprint density at radius 1 is 1.11 bits per heavy atom. The van der Waals surface area contributed by atoms with E-state index in [9.17, 15) is 5.11 Å². The molecule has 3 nitrogen and oxygen atoms in total. The third-order valence-electron chi connectivity index (χ3n) is 5.56. The summed E-state index contributed by atoms with van der Waals surface area (Å²) in [6, 6.07) is 14.4. The fourth-order valence-electron chi connectivity index (χ4n) is 4.14. The van der Waals surface area contributed by atoms with Crippen molar-refractivity contribution in [2.45, 2.75) is 51.1 Å². The van der Waals surface area contributed by atoms with Crippen molar-refractivity contribution < 1.29 is 9.84 Å². The molecule has 0 amide bonds. The Hall–Kier alpha value is -1.73. The molecule has 1 heterocycles. The predicted molar refractivity (Wildman–Crippen MR) is 117 cm³/mol. The highest BCUT2D eigenvalue weighted by Gasteiger charge is 2.31. The monoisotopic (exact) mass is 385 g/mol. The summed E-state index contributed by atoms with van der Waals surface area (Å²) in [7, 11) is 2.27. The lowest BCUT2D eigenvalue weighted by molar-refractivity contribution is 0.407. The van der Waals surface area contributed by atoms with E-state index in [4.69, 9.17) is 4.74 Å². The average molecular weight is 385 g/mol. The molecule has 0 aliphatic carbocycles. The third-order valence-corrected chi connectivity index (χ3v) is 7.32. The van der Waals surface area contributed by atoms with Gasteiger partial charge in [-0.1, -0.05) is 47.0 Å². The molecule has 0 aromatic heterocycles. The molecular formula is C23H32NO2P. The van der Waals surface area contributed by atoms with Crippen molar-refractivity contribution in [3.05, 3.63) is 48.0 Å². The minimum absolute atomic E-state index is 0.112. The normalized spacial score (nSPS) is 17.2. The first-order chi connectivity index (χ1) is 13.1. The van der Waals surface area contributed by atoms with Crippen LogP contribution in [-0.4, -0.2) is 25.3 Å². The zero-order chi connectivity index (χ0) is 19.3. The van der Waals surface area contributed by atoms with Crippen molar-refractivity contribution in [2.24, 2.45) is 0 Å². The molecule has 0 bridgehead atoms. The van der Waals surface area contributed by atoms with Gasteiger partial charge in [-0.05, 0) is 55.3 Å². The molecule has 1 N–H and O–H groups in total. The van der Waals surface area contributed by atoms with Crippen LogP contribution < -0.4 is 14.9 Å². The molecule has 4 heteroatoms. The number of piperidine rings is 1. The Balaban J connectivity index is 1.97. The van der Waals surface area contributed by atoms with Gasteiger partial charge in [-0.15, -0.1) is 0 Å². The first-order valence-electron chi connectivity index (χ1n) is 10.1. The van der Waals surface area contributed by atoms with E-state index in [2.05, 4.69) is 43.0 Å².